The molecule has 134 valence electrons. The number of ether oxygens (including phenoxy) is 1. The minimum Gasteiger partial charge on any atom is -0.471 e. The second-order valence-electron chi connectivity index (χ2n) is 6.68. The van der Waals surface area contributed by atoms with E-state index >= 15 is 0 Å². The second-order valence-corrected chi connectivity index (χ2v) is 7.08. The molecule has 0 aliphatic carbocycles. The summed E-state index contributed by atoms with van der Waals surface area (Å²) in [5.41, 5.74) is 4.92. The van der Waals surface area contributed by atoms with E-state index in [0.29, 0.717) is 35.2 Å². The average molecular weight is 370 g/mol. The lowest BCUT2D eigenvalue weighted by atomic mass is 10.0. The van der Waals surface area contributed by atoms with Crippen LogP contribution < -0.4 is 15.3 Å². The van der Waals surface area contributed by atoms with Crippen LogP contribution in [0.4, 0.5) is 5.69 Å². The normalized spacial score (nSPS) is 13.6. The van der Waals surface area contributed by atoms with Gasteiger partial charge in [-0.1, -0.05) is 30.7 Å². The Labute approximate surface area is 156 Å². The van der Waals surface area contributed by atoms with Gasteiger partial charge in [0, 0.05) is 16.6 Å². The van der Waals surface area contributed by atoms with Crippen LogP contribution in [-0.4, -0.2) is 6.73 Å². The van der Waals surface area contributed by atoms with Crippen molar-refractivity contribution in [2.24, 2.45) is 0 Å². The zero-order chi connectivity index (χ0) is 18.4. The Balaban J connectivity index is 1.87. The maximum Gasteiger partial charge on any atom is 0.339 e. The first-order valence-corrected chi connectivity index (χ1v) is 9.09. The zero-order valence-electron chi connectivity index (χ0n) is 15.1. The number of halogens is 1. The molecule has 0 radical (unpaired) electrons. The van der Waals surface area contributed by atoms with Crippen LogP contribution in [0.2, 0.25) is 5.02 Å². The largest absolute Gasteiger partial charge is 0.471 e. The lowest BCUT2D eigenvalue weighted by molar-refractivity contribution is 0.289. The molecule has 2 aromatic carbocycles. The van der Waals surface area contributed by atoms with Crippen LogP contribution in [0.25, 0.3) is 11.0 Å². The standard InChI is InChI=1S/C21H20ClNO3/c1-4-14-6-5-7-15(8-14)23-10-17-19-16(9-18(22)20(17)25-11-23)12(2)13(3)21(24)26-19/h5-9H,4,10-11H2,1-3H3. The first-order chi connectivity index (χ1) is 12.5. The lowest BCUT2D eigenvalue weighted by Crippen LogP contribution is -2.32. The molecule has 0 amide bonds. The van der Waals surface area contributed by atoms with Crippen molar-refractivity contribution in [3.05, 3.63) is 68.0 Å². The van der Waals surface area contributed by atoms with Crippen LogP contribution in [0.1, 0.15) is 29.2 Å². The molecule has 5 heteroatoms. The summed E-state index contributed by atoms with van der Waals surface area (Å²) in [6.45, 7) is 6.80. The number of nitrogens with zero attached hydrogens (tertiary/aromatic N) is 1. The third-order valence-corrected chi connectivity index (χ3v) is 5.43. The van der Waals surface area contributed by atoms with E-state index in [0.717, 1.165) is 28.6 Å². The molecule has 3 aromatic rings. The molecule has 0 fully saturated rings. The van der Waals surface area contributed by atoms with Gasteiger partial charge in [-0.15, -0.1) is 0 Å². The summed E-state index contributed by atoms with van der Waals surface area (Å²) in [6.07, 6.45) is 0.973. The van der Waals surface area contributed by atoms with Crippen molar-refractivity contribution in [3.63, 3.8) is 0 Å². The molecular formula is C21H20ClNO3. The molecule has 0 saturated carbocycles. The summed E-state index contributed by atoms with van der Waals surface area (Å²) in [4.78, 5) is 14.3. The number of hydrogen-bond acceptors (Lipinski definition) is 4. The van der Waals surface area contributed by atoms with Crippen LogP contribution in [-0.2, 0) is 13.0 Å². The minimum atomic E-state index is -0.315. The highest BCUT2D eigenvalue weighted by molar-refractivity contribution is 6.33. The Bertz CT molecular complexity index is 1070. The van der Waals surface area contributed by atoms with E-state index in [1.165, 1.54) is 5.56 Å². The summed E-state index contributed by atoms with van der Waals surface area (Å²) >= 11 is 6.46. The highest BCUT2D eigenvalue weighted by Crippen LogP contribution is 2.40. The monoisotopic (exact) mass is 369 g/mol. The number of anilines is 1. The van der Waals surface area contributed by atoms with Crippen molar-refractivity contribution in [1.29, 1.82) is 0 Å². The highest BCUT2D eigenvalue weighted by Gasteiger charge is 2.25. The minimum absolute atomic E-state index is 0.315. The summed E-state index contributed by atoms with van der Waals surface area (Å²) < 4.78 is 11.6. The van der Waals surface area contributed by atoms with Crippen LogP contribution >= 0.6 is 11.6 Å². The molecule has 0 atom stereocenters. The van der Waals surface area contributed by atoms with E-state index in [1.807, 2.05) is 19.1 Å². The lowest BCUT2D eigenvalue weighted by Gasteiger charge is -2.32. The molecule has 4 rings (SSSR count). The van der Waals surface area contributed by atoms with Crippen LogP contribution in [0, 0.1) is 13.8 Å². The van der Waals surface area contributed by atoms with Gasteiger partial charge < -0.3 is 14.1 Å². The van der Waals surface area contributed by atoms with Crippen LogP contribution in [0.3, 0.4) is 0 Å². The fourth-order valence-corrected chi connectivity index (χ4v) is 3.68. The number of rotatable bonds is 2. The molecule has 0 N–H and O–H groups in total. The molecule has 1 aliphatic heterocycles. The molecule has 4 nitrogen and oxygen atoms in total. The number of hydrogen-bond donors (Lipinski definition) is 0. The van der Waals surface area contributed by atoms with Gasteiger partial charge >= 0.3 is 5.63 Å². The zero-order valence-corrected chi connectivity index (χ0v) is 15.8. The van der Waals surface area contributed by atoms with Crippen LogP contribution in [0.15, 0.2) is 39.5 Å². The Kier molecular flexibility index (Phi) is 4.16. The highest BCUT2D eigenvalue weighted by atomic mass is 35.5. The van der Waals surface area contributed by atoms with Crippen molar-refractivity contribution in [2.75, 3.05) is 11.6 Å². The first-order valence-electron chi connectivity index (χ1n) is 8.71. The molecule has 2 heterocycles. The number of aryl methyl sites for hydroxylation is 2. The van der Waals surface area contributed by atoms with Crippen molar-refractivity contribution in [2.45, 2.75) is 33.7 Å². The van der Waals surface area contributed by atoms with E-state index in [2.05, 4.69) is 30.0 Å². The first kappa shape index (κ1) is 17.0. The summed E-state index contributed by atoms with van der Waals surface area (Å²) in [5.74, 6) is 0.605. The predicted molar refractivity (Wildman–Crippen MR) is 104 cm³/mol. The fourth-order valence-electron chi connectivity index (χ4n) is 3.40. The third-order valence-electron chi connectivity index (χ3n) is 5.15. The third kappa shape index (κ3) is 2.65. The number of fused-ring (bicyclic) bond motifs is 3. The Morgan fingerprint density at radius 3 is 2.77 bits per heavy atom. The van der Waals surface area contributed by atoms with Gasteiger partial charge in [0.2, 0.25) is 0 Å². The topological polar surface area (TPSA) is 42.7 Å². The number of benzene rings is 2. The predicted octanol–water partition coefficient (Wildman–Crippen LogP) is 4.98. The van der Waals surface area contributed by atoms with Crippen molar-refractivity contribution in [1.82, 2.24) is 0 Å². The van der Waals surface area contributed by atoms with Crippen molar-refractivity contribution >= 4 is 28.3 Å². The summed E-state index contributed by atoms with van der Waals surface area (Å²) in [7, 11) is 0. The molecule has 0 saturated heterocycles. The van der Waals surface area contributed by atoms with Gasteiger partial charge in [-0.3, -0.25) is 0 Å². The second kappa shape index (κ2) is 6.36. The van der Waals surface area contributed by atoms with E-state index in [1.54, 1.807) is 6.92 Å². The van der Waals surface area contributed by atoms with E-state index < -0.39 is 0 Å². The van der Waals surface area contributed by atoms with Gasteiger partial charge in [0.05, 0.1) is 17.1 Å². The van der Waals surface area contributed by atoms with E-state index in [9.17, 15) is 4.79 Å². The Morgan fingerprint density at radius 2 is 2.00 bits per heavy atom. The summed E-state index contributed by atoms with van der Waals surface area (Å²) in [5, 5.41) is 1.41. The van der Waals surface area contributed by atoms with Gasteiger partial charge in [-0.25, -0.2) is 4.79 Å². The average Bonchev–Trinajstić information content (AvgIpc) is 2.67. The fraction of sp³-hybridized carbons (Fsp3) is 0.286. The van der Waals surface area contributed by atoms with Gasteiger partial charge in [0.1, 0.15) is 11.3 Å². The molecule has 1 aromatic heterocycles. The molecule has 0 spiro atoms. The Hall–Kier alpha value is -2.46. The summed E-state index contributed by atoms with van der Waals surface area (Å²) in [6, 6.07) is 10.2. The molecule has 0 bridgehead atoms. The van der Waals surface area contributed by atoms with Gasteiger partial charge in [0.25, 0.3) is 0 Å². The SMILES string of the molecule is CCc1cccc(N2COc3c(Cl)cc4c(C)c(C)c(=O)oc4c3C2)c1. The maximum atomic E-state index is 12.2. The van der Waals surface area contributed by atoms with Crippen molar-refractivity contribution in [3.8, 4) is 5.75 Å². The van der Waals surface area contributed by atoms with Gasteiger partial charge in [-0.2, -0.15) is 0 Å². The molecule has 0 unspecified atom stereocenters. The van der Waals surface area contributed by atoms with Gasteiger partial charge in [0.15, 0.2) is 6.73 Å². The van der Waals surface area contributed by atoms with Crippen LogP contribution in [0.5, 0.6) is 5.75 Å². The van der Waals surface area contributed by atoms with E-state index in [4.69, 9.17) is 20.8 Å². The molecule has 1 aliphatic rings. The van der Waals surface area contributed by atoms with Crippen molar-refractivity contribution < 1.29 is 9.15 Å². The molecule has 26 heavy (non-hydrogen) atoms. The molecular weight excluding hydrogens is 350 g/mol. The smallest absolute Gasteiger partial charge is 0.339 e. The van der Waals surface area contributed by atoms with E-state index in [-0.39, 0.29) is 5.63 Å². The quantitative estimate of drug-likeness (QED) is 0.597. The maximum absolute atomic E-state index is 12.2. The van der Waals surface area contributed by atoms with Gasteiger partial charge in [-0.05, 0) is 49.6 Å². The Morgan fingerprint density at radius 1 is 1.19 bits per heavy atom.